The molecule has 3 amide bonds. The molecule has 12 nitrogen and oxygen atoms in total. The molecule has 2 saturated heterocycles. The van der Waals surface area contributed by atoms with Crippen LogP contribution in [-0.2, 0) is 23.0 Å². The number of urea groups is 1. The molecular weight excluding hydrogens is 649 g/mol. The van der Waals surface area contributed by atoms with Gasteiger partial charge in [-0.2, -0.15) is 9.40 Å². The van der Waals surface area contributed by atoms with E-state index in [1.54, 1.807) is 47.6 Å². The van der Waals surface area contributed by atoms with Crippen molar-refractivity contribution in [2.75, 3.05) is 31.5 Å². The molecule has 0 saturated carbocycles. The van der Waals surface area contributed by atoms with E-state index in [-0.39, 0.29) is 47.4 Å². The lowest BCUT2D eigenvalue weighted by molar-refractivity contribution is 0.0774. The average Bonchev–Trinajstić information content (AvgIpc) is 3.71. The number of sulfonamides is 1. The molecule has 0 bridgehead atoms. The second kappa shape index (κ2) is 13.2. The van der Waals surface area contributed by atoms with Crippen molar-refractivity contribution < 1.29 is 22.4 Å². The largest absolute Gasteiger partial charge is 0.338 e. The Hall–Kier alpha value is -5.47. The minimum absolute atomic E-state index is 0.0601. The average molecular weight is 682 g/mol. The van der Waals surface area contributed by atoms with Crippen LogP contribution >= 0.6 is 0 Å². The molecule has 7 rings (SSSR count). The molecule has 4 heterocycles. The first-order valence-corrected chi connectivity index (χ1v) is 17.2. The number of pyridine rings is 1. The van der Waals surface area contributed by atoms with E-state index in [0.29, 0.717) is 47.4 Å². The molecule has 2 aromatic heterocycles. The molecule has 2 aliphatic heterocycles. The lowest BCUT2D eigenvalue weighted by Crippen LogP contribution is -2.36. The Labute approximate surface area is 281 Å². The second-order valence-electron chi connectivity index (χ2n) is 12.3. The van der Waals surface area contributed by atoms with Crippen LogP contribution in [0, 0.1) is 17.7 Å². The molecule has 2 unspecified atom stereocenters. The number of rotatable bonds is 8. The highest BCUT2D eigenvalue weighted by Gasteiger charge is 2.45. The Morgan fingerprint density at radius 1 is 0.898 bits per heavy atom. The SMILES string of the molecule is O=C(NCc1cccnc1)Nc1ccc(S(=O)(=O)N2CC3CN(C(=O)c4cc(Cc5n[nH]c(=O)c6ccccc56)ccc4F)CC3C2)cc1. The van der Waals surface area contributed by atoms with Gasteiger partial charge in [-0.1, -0.05) is 30.3 Å². The predicted molar refractivity (Wildman–Crippen MR) is 180 cm³/mol. The Kier molecular flexibility index (Phi) is 8.65. The number of carbonyl (C=O) groups excluding carboxylic acids is 2. The van der Waals surface area contributed by atoms with Gasteiger partial charge in [0.25, 0.3) is 11.5 Å². The van der Waals surface area contributed by atoms with E-state index in [1.165, 1.54) is 40.7 Å². The lowest BCUT2D eigenvalue weighted by atomic mass is 10.0. The van der Waals surface area contributed by atoms with Gasteiger partial charge in [-0.25, -0.2) is 22.7 Å². The number of likely N-dealkylation sites (tertiary alicyclic amines) is 1. The number of aromatic nitrogens is 3. The fourth-order valence-corrected chi connectivity index (χ4v) is 8.10. The van der Waals surface area contributed by atoms with Crippen molar-refractivity contribution in [3.05, 3.63) is 130 Å². The van der Waals surface area contributed by atoms with Gasteiger partial charge in [0.1, 0.15) is 5.82 Å². The first kappa shape index (κ1) is 32.1. The predicted octanol–water partition coefficient (Wildman–Crippen LogP) is 3.76. The van der Waals surface area contributed by atoms with Crippen molar-refractivity contribution in [1.29, 1.82) is 0 Å². The zero-order valence-corrected chi connectivity index (χ0v) is 27.0. The van der Waals surface area contributed by atoms with Crippen LogP contribution in [0.3, 0.4) is 0 Å². The Morgan fingerprint density at radius 2 is 1.63 bits per heavy atom. The van der Waals surface area contributed by atoms with Gasteiger partial charge in [-0.15, -0.1) is 0 Å². The summed E-state index contributed by atoms with van der Waals surface area (Å²) in [6, 6.07) is 20.6. The Morgan fingerprint density at radius 3 is 2.35 bits per heavy atom. The van der Waals surface area contributed by atoms with Gasteiger partial charge >= 0.3 is 6.03 Å². The van der Waals surface area contributed by atoms with Crippen molar-refractivity contribution in [3.8, 4) is 0 Å². The van der Waals surface area contributed by atoms with Gasteiger partial charge < -0.3 is 15.5 Å². The normalized spacial score (nSPS) is 17.6. The van der Waals surface area contributed by atoms with Gasteiger partial charge in [0, 0.05) is 62.6 Å². The molecule has 3 aromatic carbocycles. The summed E-state index contributed by atoms with van der Waals surface area (Å²) in [5, 5.41) is 13.3. The molecular formula is C35H32FN7O5S. The van der Waals surface area contributed by atoms with Gasteiger partial charge in [0.15, 0.2) is 0 Å². The molecule has 0 aliphatic carbocycles. The van der Waals surface area contributed by atoms with Crippen LogP contribution in [0.25, 0.3) is 10.8 Å². The third-order valence-corrected chi connectivity index (χ3v) is 10.9. The smallest absolute Gasteiger partial charge is 0.319 e. The standard InChI is InChI=1S/C35H32FN7O5S/c36-31-12-7-22(15-32-28-5-1-2-6-29(28)33(44)41-40-32)14-30(31)34(45)42-18-24-20-43(21-25(24)19-42)49(47,48)27-10-8-26(9-11-27)39-35(46)38-17-23-4-3-13-37-16-23/h1-14,16,24-25H,15,17-21H2,(H,41,44)(H2,38,39,46). The van der Waals surface area contributed by atoms with Crippen molar-refractivity contribution in [3.63, 3.8) is 0 Å². The van der Waals surface area contributed by atoms with E-state index in [0.717, 1.165) is 5.56 Å². The van der Waals surface area contributed by atoms with Crippen LogP contribution in [0.4, 0.5) is 14.9 Å². The number of fused-ring (bicyclic) bond motifs is 2. The first-order chi connectivity index (χ1) is 23.7. The topological polar surface area (TPSA) is 157 Å². The van der Waals surface area contributed by atoms with Crippen LogP contribution < -0.4 is 16.2 Å². The highest BCUT2D eigenvalue weighted by atomic mass is 32.2. The fraction of sp³-hybridized carbons (Fsp3) is 0.229. The third kappa shape index (κ3) is 6.65. The maximum atomic E-state index is 15.0. The molecule has 2 aliphatic rings. The van der Waals surface area contributed by atoms with Crippen molar-refractivity contribution in [2.45, 2.75) is 17.9 Å². The lowest BCUT2D eigenvalue weighted by Gasteiger charge is -2.22. The number of H-pyrrole nitrogens is 1. The number of halogens is 1. The fourth-order valence-electron chi connectivity index (χ4n) is 6.55. The molecule has 5 aromatic rings. The number of benzene rings is 3. The van der Waals surface area contributed by atoms with Gasteiger partial charge in [-0.05, 0) is 71.5 Å². The van der Waals surface area contributed by atoms with Crippen molar-refractivity contribution in [1.82, 2.24) is 29.7 Å². The summed E-state index contributed by atoms with van der Waals surface area (Å²) in [7, 11) is -3.82. The summed E-state index contributed by atoms with van der Waals surface area (Å²) in [6.45, 7) is 1.38. The summed E-state index contributed by atoms with van der Waals surface area (Å²) in [6.07, 6.45) is 3.58. The van der Waals surface area contributed by atoms with Gasteiger partial charge in [0.2, 0.25) is 10.0 Å². The third-order valence-electron chi connectivity index (χ3n) is 9.07. The molecule has 0 spiro atoms. The number of amides is 3. The maximum Gasteiger partial charge on any atom is 0.319 e. The molecule has 14 heteroatoms. The van der Waals surface area contributed by atoms with Gasteiger partial charge in [0.05, 0.1) is 21.5 Å². The number of hydrogen-bond acceptors (Lipinski definition) is 7. The summed E-state index contributed by atoms with van der Waals surface area (Å²) < 4.78 is 43.4. The molecule has 49 heavy (non-hydrogen) atoms. The summed E-state index contributed by atoms with van der Waals surface area (Å²) in [5.74, 6) is -1.27. The summed E-state index contributed by atoms with van der Waals surface area (Å²) in [4.78, 5) is 43.7. The van der Waals surface area contributed by atoms with Crippen LogP contribution in [0.1, 0.15) is 27.2 Å². The van der Waals surface area contributed by atoms with Crippen molar-refractivity contribution in [2.24, 2.45) is 11.8 Å². The number of aromatic amines is 1. The van der Waals surface area contributed by atoms with E-state index >= 15 is 0 Å². The summed E-state index contributed by atoms with van der Waals surface area (Å²) >= 11 is 0. The van der Waals surface area contributed by atoms with E-state index in [9.17, 15) is 27.2 Å². The number of hydrogen-bond donors (Lipinski definition) is 3. The Bertz CT molecular complexity index is 2200. The zero-order valence-electron chi connectivity index (χ0n) is 26.2. The highest BCUT2D eigenvalue weighted by molar-refractivity contribution is 7.89. The van der Waals surface area contributed by atoms with Crippen LogP contribution in [0.15, 0.2) is 101 Å². The number of nitrogens with zero attached hydrogens (tertiary/aromatic N) is 4. The van der Waals surface area contributed by atoms with E-state index in [4.69, 9.17) is 0 Å². The zero-order chi connectivity index (χ0) is 34.1. The molecule has 2 atom stereocenters. The number of anilines is 1. The van der Waals surface area contributed by atoms with E-state index < -0.39 is 27.8 Å². The summed E-state index contributed by atoms with van der Waals surface area (Å²) in [5.41, 5.74) is 2.19. The minimum atomic E-state index is -3.82. The Balaban J connectivity index is 0.966. The first-order valence-electron chi connectivity index (χ1n) is 15.7. The monoisotopic (exact) mass is 681 g/mol. The molecule has 0 radical (unpaired) electrons. The molecule has 3 N–H and O–H groups in total. The van der Waals surface area contributed by atoms with Crippen LogP contribution in [0.5, 0.6) is 0 Å². The second-order valence-corrected chi connectivity index (χ2v) is 14.2. The minimum Gasteiger partial charge on any atom is -0.338 e. The maximum absolute atomic E-state index is 15.0. The highest BCUT2D eigenvalue weighted by Crippen LogP contribution is 2.35. The molecule has 250 valence electrons. The quantitative estimate of drug-likeness (QED) is 0.225. The number of carbonyl (C=O) groups is 2. The van der Waals surface area contributed by atoms with E-state index in [2.05, 4.69) is 25.8 Å². The van der Waals surface area contributed by atoms with Crippen LogP contribution in [-0.4, -0.2) is 70.9 Å². The molecule has 2 fully saturated rings. The van der Waals surface area contributed by atoms with Crippen LogP contribution in [0.2, 0.25) is 0 Å². The van der Waals surface area contributed by atoms with Gasteiger partial charge in [-0.3, -0.25) is 14.6 Å². The number of nitrogens with one attached hydrogen (secondary N) is 3. The van der Waals surface area contributed by atoms with Crippen molar-refractivity contribution >= 4 is 38.4 Å². The van der Waals surface area contributed by atoms with E-state index in [1.807, 2.05) is 12.1 Å².